The Morgan fingerprint density at radius 2 is 2.10 bits per heavy atom. The Morgan fingerprint density at radius 1 is 1.30 bits per heavy atom. The highest BCUT2D eigenvalue weighted by Gasteiger charge is 2.16. The summed E-state index contributed by atoms with van der Waals surface area (Å²) in [7, 11) is 1.60. The predicted molar refractivity (Wildman–Crippen MR) is 119 cm³/mol. The van der Waals surface area contributed by atoms with Gasteiger partial charge in [0.2, 0.25) is 0 Å². The highest BCUT2D eigenvalue weighted by atomic mass is 35.5. The van der Waals surface area contributed by atoms with Crippen LogP contribution in [0.4, 0.5) is 0 Å². The molecule has 0 aliphatic rings. The monoisotopic (exact) mass is 425 g/mol. The molecule has 0 bridgehead atoms. The summed E-state index contributed by atoms with van der Waals surface area (Å²) in [4.78, 5) is 7.68. The van der Waals surface area contributed by atoms with Gasteiger partial charge in [0, 0.05) is 6.07 Å². The summed E-state index contributed by atoms with van der Waals surface area (Å²) in [6.45, 7) is 6.38. The summed E-state index contributed by atoms with van der Waals surface area (Å²) < 4.78 is 16.9. The maximum Gasteiger partial charge on any atom is 0.180 e. The van der Waals surface area contributed by atoms with Gasteiger partial charge >= 0.3 is 0 Å². The summed E-state index contributed by atoms with van der Waals surface area (Å²) >= 11 is 6.49. The zero-order chi connectivity index (χ0) is 21.7. The van der Waals surface area contributed by atoms with Crippen LogP contribution < -0.4 is 14.2 Å². The molecule has 0 radical (unpaired) electrons. The van der Waals surface area contributed by atoms with Gasteiger partial charge in [0.15, 0.2) is 11.5 Å². The lowest BCUT2D eigenvalue weighted by Gasteiger charge is -2.18. The fourth-order valence-electron chi connectivity index (χ4n) is 2.90. The van der Waals surface area contributed by atoms with Crippen molar-refractivity contribution in [1.29, 1.82) is 5.26 Å². The van der Waals surface area contributed by atoms with Crippen molar-refractivity contribution in [3.63, 3.8) is 0 Å². The van der Waals surface area contributed by atoms with Crippen molar-refractivity contribution < 1.29 is 14.2 Å². The molecule has 2 aromatic carbocycles. The second kappa shape index (κ2) is 9.55. The Kier molecular flexibility index (Phi) is 6.86. The number of rotatable bonds is 8. The second-order valence-electron chi connectivity index (χ2n) is 6.74. The van der Waals surface area contributed by atoms with Crippen LogP contribution in [0.2, 0.25) is 5.02 Å². The number of allylic oxidation sites excluding steroid dienone is 1. The number of nitrogens with one attached hydrogen (secondary N) is 1. The highest BCUT2D eigenvalue weighted by Crippen LogP contribution is 2.38. The third kappa shape index (κ3) is 4.69. The molecule has 0 saturated carbocycles. The lowest BCUT2D eigenvalue weighted by atomic mass is 10.1. The van der Waals surface area contributed by atoms with Gasteiger partial charge in [-0.2, -0.15) is 5.26 Å². The topological polar surface area (TPSA) is 80.2 Å². The van der Waals surface area contributed by atoms with E-state index in [4.69, 9.17) is 25.8 Å². The number of nitrogens with zero attached hydrogens (tertiary/aromatic N) is 2. The van der Waals surface area contributed by atoms with E-state index >= 15 is 0 Å². The quantitative estimate of drug-likeness (QED) is 0.457. The van der Waals surface area contributed by atoms with Crippen LogP contribution in [-0.4, -0.2) is 29.8 Å². The molecular formula is C23H24ClN3O3. The van der Waals surface area contributed by atoms with Crippen LogP contribution >= 0.6 is 11.6 Å². The molecule has 0 spiro atoms. The molecule has 1 aromatic heterocycles. The fraction of sp³-hybridized carbons (Fsp3) is 0.304. The molecule has 0 fully saturated rings. The van der Waals surface area contributed by atoms with E-state index in [1.54, 1.807) is 19.3 Å². The maximum atomic E-state index is 9.72. The molecule has 3 rings (SSSR count). The van der Waals surface area contributed by atoms with Crippen molar-refractivity contribution in [3.05, 3.63) is 46.7 Å². The molecule has 6 nitrogen and oxygen atoms in total. The van der Waals surface area contributed by atoms with Crippen LogP contribution in [0.5, 0.6) is 17.2 Å². The summed E-state index contributed by atoms with van der Waals surface area (Å²) in [5.74, 6) is 2.24. The van der Waals surface area contributed by atoms with E-state index in [0.29, 0.717) is 40.3 Å². The SMILES string of the molecule is CCOc1cc(/C=C(/C#N)c2nc3ccc(OC)cc3[nH]2)cc(Cl)c1O[C@@H](C)CC. The van der Waals surface area contributed by atoms with E-state index in [2.05, 4.69) is 16.0 Å². The molecule has 0 amide bonds. The molecule has 1 heterocycles. The zero-order valence-electron chi connectivity index (χ0n) is 17.5. The van der Waals surface area contributed by atoms with Gasteiger partial charge in [0.1, 0.15) is 17.6 Å². The lowest BCUT2D eigenvalue weighted by Crippen LogP contribution is -2.11. The third-order valence-corrected chi connectivity index (χ3v) is 4.88. The number of hydrogen-bond donors (Lipinski definition) is 1. The largest absolute Gasteiger partial charge is 0.497 e. The first-order chi connectivity index (χ1) is 14.5. The van der Waals surface area contributed by atoms with Crippen LogP contribution in [0, 0.1) is 11.3 Å². The summed E-state index contributed by atoms with van der Waals surface area (Å²) in [6, 6.07) is 11.3. The van der Waals surface area contributed by atoms with Gasteiger partial charge in [-0.15, -0.1) is 0 Å². The molecule has 30 heavy (non-hydrogen) atoms. The molecule has 0 aliphatic carbocycles. The van der Waals surface area contributed by atoms with Crippen LogP contribution in [0.3, 0.4) is 0 Å². The second-order valence-corrected chi connectivity index (χ2v) is 7.15. The van der Waals surface area contributed by atoms with Crippen molar-refractivity contribution in [2.45, 2.75) is 33.3 Å². The molecule has 1 atom stereocenters. The Balaban J connectivity index is 2.02. The van der Waals surface area contributed by atoms with E-state index in [0.717, 1.165) is 23.0 Å². The number of nitriles is 1. The summed E-state index contributed by atoms with van der Waals surface area (Å²) in [6.07, 6.45) is 2.57. The van der Waals surface area contributed by atoms with Gasteiger partial charge in [0.25, 0.3) is 0 Å². The number of H-pyrrole nitrogens is 1. The minimum Gasteiger partial charge on any atom is -0.497 e. The van der Waals surface area contributed by atoms with Crippen molar-refractivity contribution >= 4 is 34.3 Å². The van der Waals surface area contributed by atoms with Gasteiger partial charge < -0.3 is 19.2 Å². The Bertz CT molecular complexity index is 1110. The fourth-order valence-corrected chi connectivity index (χ4v) is 3.16. The van der Waals surface area contributed by atoms with E-state index in [-0.39, 0.29) is 6.10 Å². The molecule has 7 heteroatoms. The number of halogens is 1. The minimum absolute atomic E-state index is 0.00491. The average Bonchev–Trinajstić information content (AvgIpc) is 3.17. The predicted octanol–water partition coefficient (Wildman–Crippen LogP) is 5.87. The van der Waals surface area contributed by atoms with Gasteiger partial charge in [-0.3, -0.25) is 0 Å². The van der Waals surface area contributed by atoms with Crippen molar-refractivity contribution in [2.24, 2.45) is 0 Å². The maximum absolute atomic E-state index is 9.72. The number of benzene rings is 2. The number of imidazole rings is 1. The average molecular weight is 426 g/mol. The van der Waals surface area contributed by atoms with E-state index in [1.807, 2.05) is 45.0 Å². The standard InChI is InChI=1S/C23H24ClN3O3/c1-5-14(3)30-22-18(24)10-15(11-21(22)29-6-2)9-16(13-25)23-26-19-8-7-17(28-4)12-20(19)27-23/h7-12,14H,5-6H2,1-4H3,(H,26,27)/b16-9-/t14-/m0/s1. The zero-order valence-corrected chi connectivity index (χ0v) is 18.2. The van der Waals surface area contributed by atoms with Crippen molar-refractivity contribution in [2.75, 3.05) is 13.7 Å². The molecule has 0 aliphatic heterocycles. The molecule has 0 unspecified atom stereocenters. The van der Waals surface area contributed by atoms with Crippen LogP contribution in [0.15, 0.2) is 30.3 Å². The number of fused-ring (bicyclic) bond motifs is 1. The van der Waals surface area contributed by atoms with Crippen LogP contribution in [0.1, 0.15) is 38.6 Å². The molecule has 0 saturated heterocycles. The molecule has 156 valence electrons. The number of hydrogen-bond acceptors (Lipinski definition) is 5. The van der Waals surface area contributed by atoms with Crippen molar-refractivity contribution in [3.8, 4) is 23.3 Å². The minimum atomic E-state index is 0.00491. The van der Waals surface area contributed by atoms with Gasteiger partial charge in [-0.25, -0.2) is 4.98 Å². The molecule has 1 N–H and O–H groups in total. The number of aromatic amines is 1. The summed E-state index contributed by atoms with van der Waals surface area (Å²) in [5.41, 5.74) is 2.63. The van der Waals surface area contributed by atoms with E-state index in [1.165, 1.54) is 0 Å². The number of methoxy groups -OCH3 is 1. The van der Waals surface area contributed by atoms with Crippen LogP contribution in [-0.2, 0) is 0 Å². The normalized spacial score (nSPS) is 12.5. The Hall–Kier alpha value is -3.17. The number of ether oxygens (including phenoxy) is 3. The van der Waals surface area contributed by atoms with Crippen molar-refractivity contribution in [1.82, 2.24) is 9.97 Å². The van der Waals surface area contributed by atoms with Gasteiger partial charge in [0.05, 0.1) is 41.4 Å². The van der Waals surface area contributed by atoms with Gasteiger partial charge in [-0.1, -0.05) is 18.5 Å². The Labute approximate surface area is 181 Å². The van der Waals surface area contributed by atoms with E-state index < -0.39 is 0 Å². The lowest BCUT2D eigenvalue weighted by molar-refractivity contribution is 0.203. The van der Waals surface area contributed by atoms with E-state index in [9.17, 15) is 5.26 Å². The van der Waals surface area contributed by atoms with Crippen LogP contribution in [0.25, 0.3) is 22.7 Å². The Morgan fingerprint density at radius 3 is 2.77 bits per heavy atom. The first kappa shape index (κ1) is 21.5. The summed E-state index contributed by atoms with van der Waals surface area (Å²) in [5, 5.41) is 10.2. The first-order valence-electron chi connectivity index (χ1n) is 9.77. The molecular weight excluding hydrogens is 402 g/mol. The molecule has 3 aromatic rings. The highest BCUT2D eigenvalue weighted by molar-refractivity contribution is 6.32. The first-order valence-corrected chi connectivity index (χ1v) is 10.2. The smallest absolute Gasteiger partial charge is 0.180 e. The number of aromatic nitrogens is 2. The van der Waals surface area contributed by atoms with Gasteiger partial charge in [-0.05, 0) is 56.2 Å². The third-order valence-electron chi connectivity index (χ3n) is 4.60.